The van der Waals surface area contributed by atoms with E-state index in [0.717, 1.165) is 21.7 Å². The first-order chi connectivity index (χ1) is 8.70. The average Bonchev–Trinajstić information content (AvgIpc) is 2.70. The number of anilines is 1. The van der Waals surface area contributed by atoms with Gasteiger partial charge in [-0.1, -0.05) is 36.4 Å². The summed E-state index contributed by atoms with van der Waals surface area (Å²) in [6, 6.07) is 10.1. The van der Waals surface area contributed by atoms with E-state index in [9.17, 15) is 0 Å². The molecule has 1 heterocycles. The van der Waals surface area contributed by atoms with Crippen molar-refractivity contribution in [2.24, 2.45) is 0 Å². The van der Waals surface area contributed by atoms with Gasteiger partial charge in [-0.2, -0.15) is 5.26 Å². The molecule has 0 aliphatic rings. The molecule has 0 fully saturated rings. The van der Waals surface area contributed by atoms with Crippen LogP contribution in [0, 0.1) is 18.3 Å². The van der Waals surface area contributed by atoms with Gasteiger partial charge in [0.25, 0.3) is 0 Å². The Bertz CT molecular complexity index is 603. The van der Waals surface area contributed by atoms with Crippen molar-refractivity contribution in [2.75, 3.05) is 5.73 Å². The molecule has 3 nitrogen and oxygen atoms in total. The molecule has 18 heavy (non-hydrogen) atoms. The van der Waals surface area contributed by atoms with Gasteiger partial charge < -0.3 is 5.73 Å². The molecule has 2 aromatic rings. The van der Waals surface area contributed by atoms with Crippen molar-refractivity contribution in [2.45, 2.75) is 13.3 Å². The summed E-state index contributed by atoms with van der Waals surface area (Å²) in [6.45, 7) is 2.02. The van der Waals surface area contributed by atoms with Crippen molar-refractivity contribution >= 4 is 22.5 Å². The number of nitrogens with two attached hydrogens (primary N) is 1. The first-order valence-electron chi connectivity index (χ1n) is 5.57. The third kappa shape index (κ3) is 2.76. The summed E-state index contributed by atoms with van der Waals surface area (Å²) < 4.78 is 0. The Hall–Kier alpha value is -2.12. The molecule has 4 heteroatoms. The Morgan fingerprint density at radius 3 is 2.67 bits per heavy atom. The quantitative estimate of drug-likeness (QED) is 0.911. The topological polar surface area (TPSA) is 62.7 Å². The van der Waals surface area contributed by atoms with E-state index >= 15 is 0 Å². The van der Waals surface area contributed by atoms with Crippen molar-refractivity contribution in [1.29, 1.82) is 5.26 Å². The Labute approximate surface area is 110 Å². The van der Waals surface area contributed by atoms with Gasteiger partial charge in [0.1, 0.15) is 0 Å². The molecule has 0 saturated carbocycles. The highest BCUT2D eigenvalue weighted by molar-refractivity contribution is 7.15. The van der Waals surface area contributed by atoms with Gasteiger partial charge in [-0.15, -0.1) is 11.3 Å². The highest BCUT2D eigenvalue weighted by Gasteiger charge is 2.07. The zero-order valence-corrected chi connectivity index (χ0v) is 10.9. The lowest BCUT2D eigenvalue weighted by molar-refractivity contribution is 1.36. The fourth-order valence-electron chi connectivity index (χ4n) is 1.68. The van der Waals surface area contributed by atoms with E-state index in [1.54, 1.807) is 0 Å². The predicted molar refractivity (Wildman–Crippen MR) is 76.0 cm³/mol. The Balaban J connectivity index is 2.23. The van der Waals surface area contributed by atoms with Gasteiger partial charge in [-0.3, -0.25) is 0 Å². The molecule has 0 aliphatic carbocycles. The van der Waals surface area contributed by atoms with Crippen LogP contribution in [-0.4, -0.2) is 4.98 Å². The lowest BCUT2D eigenvalue weighted by Crippen LogP contribution is -1.84. The molecule has 0 unspecified atom stereocenters. The summed E-state index contributed by atoms with van der Waals surface area (Å²) in [5, 5.41) is 9.05. The zero-order chi connectivity index (χ0) is 13.0. The minimum Gasteiger partial charge on any atom is -0.375 e. The molecule has 90 valence electrons. The molecule has 0 spiro atoms. The van der Waals surface area contributed by atoms with Gasteiger partial charge >= 0.3 is 0 Å². The fraction of sp³-hybridized carbons (Fsp3) is 0.143. The van der Waals surface area contributed by atoms with Gasteiger partial charge in [0.15, 0.2) is 5.13 Å². The standard InChI is InChI=1S/C14H13N3S/c1-10-13(17-14(16)18-10)12-7-5-11(6-8-12)4-2-3-9-15/h2,4-8H,3H2,1H3,(H2,16,17). The highest BCUT2D eigenvalue weighted by atomic mass is 32.1. The van der Waals surface area contributed by atoms with Crippen molar-refractivity contribution < 1.29 is 0 Å². The SMILES string of the molecule is Cc1sc(N)nc1-c1ccc(C=CCC#N)cc1. The number of hydrogen-bond acceptors (Lipinski definition) is 4. The Morgan fingerprint density at radius 1 is 1.39 bits per heavy atom. The van der Waals surface area contributed by atoms with Gasteiger partial charge in [-0.25, -0.2) is 4.98 Å². The number of nitriles is 1. The van der Waals surface area contributed by atoms with E-state index in [1.165, 1.54) is 11.3 Å². The van der Waals surface area contributed by atoms with Crippen LogP contribution < -0.4 is 5.73 Å². The lowest BCUT2D eigenvalue weighted by atomic mass is 10.1. The number of benzene rings is 1. The lowest BCUT2D eigenvalue weighted by Gasteiger charge is -1.99. The van der Waals surface area contributed by atoms with E-state index < -0.39 is 0 Å². The maximum Gasteiger partial charge on any atom is 0.180 e. The monoisotopic (exact) mass is 255 g/mol. The first kappa shape index (κ1) is 12.3. The number of hydrogen-bond donors (Lipinski definition) is 1. The van der Waals surface area contributed by atoms with Crippen LogP contribution in [0.5, 0.6) is 0 Å². The van der Waals surface area contributed by atoms with Crippen molar-refractivity contribution in [3.05, 3.63) is 40.8 Å². The largest absolute Gasteiger partial charge is 0.375 e. The summed E-state index contributed by atoms with van der Waals surface area (Å²) in [7, 11) is 0. The summed E-state index contributed by atoms with van der Waals surface area (Å²) in [5.74, 6) is 0. The number of nitrogen functional groups attached to an aromatic ring is 1. The molecule has 0 bridgehead atoms. The summed E-state index contributed by atoms with van der Waals surface area (Å²) in [5.41, 5.74) is 8.79. The predicted octanol–water partition coefficient (Wildman–Crippen LogP) is 3.63. The highest BCUT2D eigenvalue weighted by Crippen LogP contribution is 2.28. The number of allylic oxidation sites excluding steroid dienone is 1. The van der Waals surface area contributed by atoms with E-state index in [0.29, 0.717) is 11.6 Å². The second kappa shape index (κ2) is 5.48. The Morgan fingerprint density at radius 2 is 2.11 bits per heavy atom. The molecule has 1 aromatic carbocycles. The van der Waals surface area contributed by atoms with Crippen LogP contribution in [0.1, 0.15) is 16.9 Å². The average molecular weight is 255 g/mol. The van der Waals surface area contributed by atoms with Crippen molar-refractivity contribution in [3.8, 4) is 17.3 Å². The van der Waals surface area contributed by atoms with Gasteiger partial charge in [0.05, 0.1) is 18.2 Å². The second-order valence-corrected chi connectivity index (χ2v) is 5.08. The maximum absolute atomic E-state index is 8.45. The van der Waals surface area contributed by atoms with Gasteiger partial charge in [0.2, 0.25) is 0 Å². The molecule has 0 amide bonds. The fourth-order valence-corrected chi connectivity index (χ4v) is 2.40. The first-order valence-corrected chi connectivity index (χ1v) is 6.39. The molecule has 1 aromatic heterocycles. The van der Waals surface area contributed by atoms with Crippen LogP contribution >= 0.6 is 11.3 Å². The van der Waals surface area contributed by atoms with E-state index in [2.05, 4.69) is 11.1 Å². The van der Waals surface area contributed by atoms with Crippen LogP contribution in [-0.2, 0) is 0 Å². The molecule has 2 N–H and O–H groups in total. The van der Waals surface area contributed by atoms with Crippen LogP contribution in [0.3, 0.4) is 0 Å². The minimum atomic E-state index is 0.434. The van der Waals surface area contributed by atoms with Crippen LogP contribution in [0.25, 0.3) is 17.3 Å². The normalized spacial score (nSPS) is 10.7. The molecular formula is C14H13N3S. The number of aryl methyl sites for hydroxylation is 1. The summed E-state index contributed by atoms with van der Waals surface area (Å²) in [4.78, 5) is 5.45. The summed E-state index contributed by atoms with van der Waals surface area (Å²) >= 11 is 1.50. The molecule has 0 atom stereocenters. The van der Waals surface area contributed by atoms with E-state index in [-0.39, 0.29) is 0 Å². The second-order valence-electron chi connectivity index (χ2n) is 3.84. The van der Waals surface area contributed by atoms with Crippen LogP contribution in [0.4, 0.5) is 5.13 Å². The summed E-state index contributed by atoms with van der Waals surface area (Å²) in [6.07, 6.45) is 4.22. The molecule has 2 rings (SSSR count). The molecular weight excluding hydrogens is 242 g/mol. The van der Waals surface area contributed by atoms with Crippen molar-refractivity contribution in [1.82, 2.24) is 4.98 Å². The van der Waals surface area contributed by atoms with Crippen LogP contribution in [0.2, 0.25) is 0 Å². The molecule has 0 aliphatic heterocycles. The third-order valence-electron chi connectivity index (χ3n) is 2.52. The number of aromatic nitrogens is 1. The van der Waals surface area contributed by atoms with Crippen molar-refractivity contribution in [3.63, 3.8) is 0 Å². The molecule has 0 saturated heterocycles. The van der Waals surface area contributed by atoms with E-state index in [4.69, 9.17) is 11.0 Å². The molecule has 0 radical (unpaired) electrons. The number of thiazole rings is 1. The maximum atomic E-state index is 8.45. The van der Waals surface area contributed by atoms with E-state index in [1.807, 2.05) is 43.3 Å². The van der Waals surface area contributed by atoms with Gasteiger partial charge in [-0.05, 0) is 12.5 Å². The smallest absolute Gasteiger partial charge is 0.180 e. The number of rotatable bonds is 3. The third-order valence-corrected chi connectivity index (χ3v) is 3.32. The number of nitrogens with zero attached hydrogens (tertiary/aromatic N) is 2. The zero-order valence-electron chi connectivity index (χ0n) is 10.1. The van der Waals surface area contributed by atoms with Crippen LogP contribution in [0.15, 0.2) is 30.3 Å². The Kier molecular flexibility index (Phi) is 3.75. The van der Waals surface area contributed by atoms with Gasteiger partial charge in [0, 0.05) is 10.4 Å². The minimum absolute atomic E-state index is 0.434.